The summed E-state index contributed by atoms with van der Waals surface area (Å²) >= 11 is 0. The van der Waals surface area contributed by atoms with Crippen molar-refractivity contribution >= 4 is 27.6 Å². The van der Waals surface area contributed by atoms with Gasteiger partial charge in [0.25, 0.3) is 0 Å². The Bertz CT molecular complexity index is 1040. The summed E-state index contributed by atoms with van der Waals surface area (Å²) in [5.74, 6) is -2.84. The van der Waals surface area contributed by atoms with Gasteiger partial charge < -0.3 is 18.8 Å². The summed E-state index contributed by atoms with van der Waals surface area (Å²) in [5.41, 5.74) is 0.392. The van der Waals surface area contributed by atoms with Gasteiger partial charge in [0.15, 0.2) is 15.8 Å². The molecule has 0 aliphatic carbocycles. The molecular weight excluding hydrogens is 414 g/mol. The monoisotopic (exact) mass is 437 g/mol. The molecule has 0 aliphatic rings. The van der Waals surface area contributed by atoms with E-state index in [1.54, 1.807) is 18.2 Å². The molecule has 0 amide bonds. The number of esters is 2. The standard InChI is InChI=1S/C20H23NO8S/c1-27-14-7-5-6-13(12-14)18(22)16-8-9-17(30(4,25)26)21(16)11-10-15(19(23)28-2)20(24)29-3/h5-9,12,15H,10-11H2,1-4H3. The van der Waals surface area contributed by atoms with E-state index in [2.05, 4.69) is 9.47 Å². The van der Waals surface area contributed by atoms with Crippen LogP contribution in [0.2, 0.25) is 0 Å². The number of rotatable bonds is 9. The van der Waals surface area contributed by atoms with Gasteiger partial charge in [-0.05, 0) is 30.7 Å². The van der Waals surface area contributed by atoms with Crippen molar-refractivity contribution in [2.75, 3.05) is 27.6 Å². The molecule has 0 aliphatic heterocycles. The van der Waals surface area contributed by atoms with E-state index in [1.807, 2.05) is 0 Å². The number of nitrogens with zero attached hydrogens (tertiary/aromatic N) is 1. The largest absolute Gasteiger partial charge is 0.497 e. The van der Waals surface area contributed by atoms with E-state index in [1.165, 1.54) is 29.9 Å². The van der Waals surface area contributed by atoms with Gasteiger partial charge in [-0.25, -0.2) is 8.42 Å². The Morgan fingerprint density at radius 1 is 1.00 bits per heavy atom. The molecule has 0 unspecified atom stereocenters. The van der Waals surface area contributed by atoms with Crippen LogP contribution in [0.3, 0.4) is 0 Å². The van der Waals surface area contributed by atoms with Gasteiger partial charge >= 0.3 is 11.9 Å². The highest BCUT2D eigenvalue weighted by Crippen LogP contribution is 2.22. The van der Waals surface area contributed by atoms with Gasteiger partial charge in [0.05, 0.1) is 27.0 Å². The first-order chi connectivity index (χ1) is 14.1. The molecule has 2 rings (SSSR count). The molecule has 162 valence electrons. The Morgan fingerprint density at radius 3 is 2.17 bits per heavy atom. The summed E-state index contributed by atoms with van der Waals surface area (Å²) < 4.78 is 40.1. The van der Waals surface area contributed by atoms with Crippen LogP contribution >= 0.6 is 0 Å². The molecule has 1 aromatic heterocycles. The Morgan fingerprint density at radius 2 is 1.63 bits per heavy atom. The van der Waals surface area contributed by atoms with E-state index in [4.69, 9.17) is 4.74 Å². The van der Waals surface area contributed by atoms with E-state index >= 15 is 0 Å². The number of carbonyl (C=O) groups excluding carboxylic acids is 3. The lowest BCUT2D eigenvalue weighted by Crippen LogP contribution is -2.28. The molecule has 9 nitrogen and oxygen atoms in total. The normalized spacial score (nSPS) is 11.2. The van der Waals surface area contributed by atoms with Crippen molar-refractivity contribution in [3.8, 4) is 5.75 Å². The summed E-state index contributed by atoms with van der Waals surface area (Å²) in [6.45, 7) is -0.102. The number of aromatic nitrogens is 1. The van der Waals surface area contributed by atoms with Crippen LogP contribution in [0.15, 0.2) is 41.4 Å². The predicted molar refractivity (Wildman–Crippen MR) is 106 cm³/mol. The highest BCUT2D eigenvalue weighted by atomic mass is 32.2. The lowest BCUT2D eigenvalue weighted by molar-refractivity contribution is -0.159. The highest BCUT2D eigenvalue weighted by Gasteiger charge is 2.30. The maximum Gasteiger partial charge on any atom is 0.320 e. The summed E-state index contributed by atoms with van der Waals surface area (Å²) in [4.78, 5) is 36.9. The van der Waals surface area contributed by atoms with Gasteiger partial charge in [0.2, 0.25) is 5.78 Å². The van der Waals surface area contributed by atoms with Gasteiger partial charge in [-0.15, -0.1) is 0 Å². The molecule has 0 radical (unpaired) electrons. The highest BCUT2D eigenvalue weighted by molar-refractivity contribution is 7.90. The van der Waals surface area contributed by atoms with Crippen molar-refractivity contribution < 1.29 is 37.0 Å². The zero-order valence-corrected chi connectivity index (χ0v) is 17.9. The van der Waals surface area contributed by atoms with Crippen molar-refractivity contribution in [1.29, 1.82) is 0 Å². The number of ether oxygens (including phenoxy) is 3. The van der Waals surface area contributed by atoms with Gasteiger partial charge in [0.1, 0.15) is 10.8 Å². The molecule has 1 heterocycles. The van der Waals surface area contributed by atoms with Crippen LogP contribution < -0.4 is 4.74 Å². The number of benzene rings is 1. The van der Waals surface area contributed by atoms with Crippen LogP contribution in [-0.2, 0) is 35.4 Å². The first-order valence-corrected chi connectivity index (χ1v) is 10.8. The number of ketones is 1. The van der Waals surface area contributed by atoms with Crippen LogP contribution in [0.25, 0.3) is 0 Å². The van der Waals surface area contributed by atoms with Crippen molar-refractivity contribution in [2.45, 2.75) is 18.0 Å². The number of hydrogen-bond acceptors (Lipinski definition) is 8. The quantitative estimate of drug-likeness (QED) is 0.329. The molecule has 1 aromatic carbocycles. The molecule has 0 fully saturated rings. The summed E-state index contributed by atoms with van der Waals surface area (Å²) in [5, 5.41) is -0.109. The molecule has 0 bridgehead atoms. The van der Waals surface area contributed by atoms with Gasteiger partial charge in [-0.3, -0.25) is 14.4 Å². The van der Waals surface area contributed by atoms with Crippen molar-refractivity contribution in [3.63, 3.8) is 0 Å². The first kappa shape index (κ1) is 23.1. The lowest BCUT2D eigenvalue weighted by atomic mass is 10.1. The fraction of sp³-hybridized carbons (Fsp3) is 0.350. The molecule has 10 heteroatoms. The van der Waals surface area contributed by atoms with Crippen molar-refractivity contribution in [2.24, 2.45) is 5.92 Å². The topological polar surface area (TPSA) is 118 Å². The van der Waals surface area contributed by atoms with Crippen LogP contribution in [0, 0.1) is 5.92 Å². The van der Waals surface area contributed by atoms with E-state index in [0.29, 0.717) is 11.3 Å². The zero-order valence-electron chi connectivity index (χ0n) is 17.1. The summed E-state index contributed by atoms with van der Waals surface area (Å²) in [6.07, 6.45) is 0.895. The molecule has 30 heavy (non-hydrogen) atoms. The molecule has 2 aromatic rings. The Balaban J connectivity index is 2.46. The number of sulfone groups is 1. The SMILES string of the molecule is COC(=O)C(CCn1c(C(=O)c2cccc(OC)c2)ccc1S(C)(=O)=O)C(=O)OC. The Kier molecular flexibility index (Phi) is 7.38. The fourth-order valence-electron chi connectivity index (χ4n) is 2.99. The second-order valence-electron chi connectivity index (χ2n) is 6.43. The molecule has 0 atom stereocenters. The Labute approximate surface area is 174 Å². The van der Waals surface area contributed by atoms with Crippen molar-refractivity contribution in [1.82, 2.24) is 4.57 Å². The molecule has 0 saturated heterocycles. The molecule has 0 N–H and O–H groups in total. The second kappa shape index (κ2) is 9.57. The minimum Gasteiger partial charge on any atom is -0.497 e. The number of methoxy groups -OCH3 is 3. The van der Waals surface area contributed by atoms with Crippen LogP contribution in [0.4, 0.5) is 0 Å². The minimum absolute atomic E-state index is 0.0946. The summed E-state index contributed by atoms with van der Waals surface area (Å²) in [6, 6.07) is 9.13. The average Bonchev–Trinajstić information content (AvgIpc) is 3.17. The maximum absolute atomic E-state index is 13.0. The Hall–Kier alpha value is -3.14. The molecule has 0 saturated carbocycles. The summed E-state index contributed by atoms with van der Waals surface area (Å²) in [7, 11) is 0.0442. The van der Waals surface area contributed by atoms with Crippen LogP contribution in [0.1, 0.15) is 22.5 Å². The smallest absolute Gasteiger partial charge is 0.320 e. The number of carbonyl (C=O) groups is 3. The fourth-order valence-corrected chi connectivity index (χ4v) is 3.89. The molecule has 0 spiro atoms. The zero-order chi connectivity index (χ0) is 22.5. The third-order valence-electron chi connectivity index (χ3n) is 4.50. The average molecular weight is 437 g/mol. The third kappa shape index (κ3) is 5.07. The van der Waals surface area contributed by atoms with Gasteiger partial charge in [-0.1, -0.05) is 12.1 Å². The van der Waals surface area contributed by atoms with Gasteiger partial charge in [0, 0.05) is 18.4 Å². The van der Waals surface area contributed by atoms with E-state index in [9.17, 15) is 22.8 Å². The predicted octanol–water partition coefficient (Wildman–Crippen LogP) is 1.48. The van der Waals surface area contributed by atoms with E-state index in [-0.39, 0.29) is 23.7 Å². The van der Waals surface area contributed by atoms with Gasteiger partial charge in [-0.2, -0.15) is 0 Å². The van der Waals surface area contributed by atoms with Crippen molar-refractivity contribution in [3.05, 3.63) is 47.7 Å². The maximum atomic E-state index is 13.0. The first-order valence-electron chi connectivity index (χ1n) is 8.88. The van der Waals surface area contributed by atoms with Crippen LogP contribution in [-0.4, -0.2) is 58.3 Å². The molecular formula is C20H23NO8S. The minimum atomic E-state index is -3.69. The van der Waals surface area contributed by atoms with E-state index in [0.717, 1.165) is 20.5 Å². The second-order valence-corrected chi connectivity index (χ2v) is 8.39. The third-order valence-corrected chi connectivity index (χ3v) is 5.61. The number of hydrogen-bond donors (Lipinski definition) is 0. The van der Waals surface area contributed by atoms with E-state index < -0.39 is 33.5 Å². The van der Waals surface area contributed by atoms with Crippen LogP contribution in [0.5, 0.6) is 5.75 Å². The lowest BCUT2D eigenvalue weighted by Gasteiger charge is -2.16.